The highest BCUT2D eigenvalue weighted by Gasteiger charge is 2.10. The van der Waals surface area contributed by atoms with E-state index in [0.29, 0.717) is 12.3 Å². The van der Waals surface area contributed by atoms with Crippen LogP contribution in [0.1, 0.15) is 5.69 Å². The Kier molecular flexibility index (Phi) is 2.30. The molecule has 2 heterocycles. The summed E-state index contributed by atoms with van der Waals surface area (Å²) in [7, 11) is 0. The van der Waals surface area contributed by atoms with Gasteiger partial charge in [0.2, 0.25) is 5.78 Å². The Morgan fingerprint density at radius 1 is 1.39 bits per heavy atom. The van der Waals surface area contributed by atoms with Crippen molar-refractivity contribution < 1.29 is 0 Å². The summed E-state index contributed by atoms with van der Waals surface area (Å²) < 4.78 is 3.63. The summed E-state index contributed by atoms with van der Waals surface area (Å²) in [6, 6.07) is 9.28. The van der Waals surface area contributed by atoms with Crippen molar-refractivity contribution in [3.05, 3.63) is 59.0 Å². The predicted molar refractivity (Wildman–Crippen MR) is 71.9 cm³/mol. The number of para-hydroxylation sites is 2. The standard InChI is InChI=1S/C14H13N3O/c1-3-8-16-10(2)9-13(18)17-12-7-5-4-6-11(12)15-14(16)17/h3-7,9H,1,8H2,2H3. The van der Waals surface area contributed by atoms with Gasteiger partial charge in [-0.05, 0) is 19.1 Å². The maximum absolute atomic E-state index is 12.1. The summed E-state index contributed by atoms with van der Waals surface area (Å²) in [6.07, 6.45) is 1.80. The van der Waals surface area contributed by atoms with Gasteiger partial charge in [-0.15, -0.1) is 6.58 Å². The first-order chi connectivity index (χ1) is 8.72. The Hall–Kier alpha value is -2.36. The molecule has 0 fully saturated rings. The van der Waals surface area contributed by atoms with Gasteiger partial charge >= 0.3 is 0 Å². The van der Waals surface area contributed by atoms with Gasteiger partial charge in [0.15, 0.2) is 0 Å². The van der Waals surface area contributed by atoms with E-state index in [-0.39, 0.29) is 5.56 Å². The molecule has 90 valence electrons. The number of hydrogen-bond acceptors (Lipinski definition) is 2. The molecule has 0 radical (unpaired) electrons. The molecule has 2 aromatic heterocycles. The number of aryl methyl sites for hydroxylation is 1. The molecule has 0 aliphatic heterocycles. The van der Waals surface area contributed by atoms with Crippen molar-refractivity contribution in [2.45, 2.75) is 13.5 Å². The first-order valence-corrected chi connectivity index (χ1v) is 5.81. The van der Waals surface area contributed by atoms with E-state index in [1.807, 2.05) is 35.8 Å². The zero-order chi connectivity index (χ0) is 12.7. The lowest BCUT2D eigenvalue weighted by Gasteiger charge is -2.09. The normalized spacial score (nSPS) is 11.2. The third-order valence-electron chi connectivity index (χ3n) is 3.07. The number of rotatable bonds is 2. The van der Waals surface area contributed by atoms with Crippen LogP contribution in [0.4, 0.5) is 0 Å². The average Bonchev–Trinajstić information content (AvgIpc) is 2.73. The topological polar surface area (TPSA) is 39.3 Å². The van der Waals surface area contributed by atoms with E-state index in [1.165, 1.54) is 0 Å². The highest BCUT2D eigenvalue weighted by atomic mass is 16.1. The van der Waals surface area contributed by atoms with Crippen LogP contribution >= 0.6 is 0 Å². The van der Waals surface area contributed by atoms with Gasteiger partial charge in [-0.25, -0.2) is 9.38 Å². The molecule has 0 aliphatic carbocycles. The largest absolute Gasteiger partial charge is 0.312 e. The van der Waals surface area contributed by atoms with E-state index in [4.69, 9.17) is 0 Å². The smallest absolute Gasteiger partial charge is 0.259 e. The van der Waals surface area contributed by atoms with Crippen LogP contribution in [0.3, 0.4) is 0 Å². The number of imidazole rings is 1. The number of aromatic nitrogens is 3. The highest BCUT2D eigenvalue weighted by Crippen LogP contribution is 2.15. The Labute approximate surface area is 104 Å². The Morgan fingerprint density at radius 2 is 2.17 bits per heavy atom. The number of nitrogens with zero attached hydrogens (tertiary/aromatic N) is 3. The fraction of sp³-hybridized carbons (Fsp3) is 0.143. The molecule has 3 aromatic rings. The van der Waals surface area contributed by atoms with Gasteiger partial charge in [-0.3, -0.25) is 4.79 Å². The van der Waals surface area contributed by atoms with Crippen LogP contribution in [-0.2, 0) is 6.54 Å². The second-order valence-electron chi connectivity index (χ2n) is 4.26. The molecule has 0 aliphatic rings. The van der Waals surface area contributed by atoms with Gasteiger partial charge < -0.3 is 4.57 Å². The maximum atomic E-state index is 12.1. The number of hydrogen-bond donors (Lipinski definition) is 0. The first kappa shape index (κ1) is 10.8. The molecule has 1 aromatic carbocycles. The van der Waals surface area contributed by atoms with Crippen LogP contribution in [0.5, 0.6) is 0 Å². The molecule has 0 saturated heterocycles. The van der Waals surface area contributed by atoms with Crippen LogP contribution in [0, 0.1) is 6.92 Å². The summed E-state index contributed by atoms with van der Waals surface area (Å²) in [5, 5.41) is 0. The fourth-order valence-electron chi connectivity index (χ4n) is 2.25. The Morgan fingerprint density at radius 3 is 2.94 bits per heavy atom. The summed E-state index contributed by atoms with van der Waals surface area (Å²) in [5.41, 5.74) is 2.52. The van der Waals surface area contributed by atoms with E-state index >= 15 is 0 Å². The average molecular weight is 239 g/mol. The predicted octanol–water partition coefficient (Wildman–Crippen LogP) is 2.14. The molecule has 3 rings (SSSR count). The zero-order valence-corrected chi connectivity index (χ0v) is 10.1. The molecule has 0 bridgehead atoms. The zero-order valence-electron chi connectivity index (χ0n) is 10.1. The molecule has 0 unspecified atom stereocenters. The number of allylic oxidation sites excluding steroid dienone is 1. The van der Waals surface area contributed by atoms with Gasteiger partial charge in [0.05, 0.1) is 11.0 Å². The molecule has 0 atom stereocenters. The third kappa shape index (κ3) is 1.39. The lowest BCUT2D eigenvalue weighted by atomic mass is 10.3. The summed E-state index contributed by atoms with van der Waals surface area (Å²) in [6.45, 7) is 6.29. The Bertz CT molecular complexity index is 811. The molecule has 0 spiro atoms. The van der Waals surface area contributed by atoms with Crippen LogP contribution in [0.2, 0.25) is 0 Å². The molecule has 4 heteroatoms. The summed E-state index contributed by atoms with van der Waals surface area (Å²) in [4.78, 5) is 16.6. The van der Waals surface area contributed by atoms with Crippen LogP contribution in [0.15, 0.2) is 47.8 Å². The lowest BCUT2D eigenvalue weighted by molar-refractivity contribution is 0.770. The van der Waals surface area contributed by atoms with Crippen molar-refractivity contribution in [1.29, 1.82) is 0 Å². The summed E-state index contributed by atoms with van der Waals surface area (Å²) >= 11 is 0. The van der Waals surface area contributed by atoms with Crippen molar-refractivity contribution in [2.24, 2.45) is 0 Å². The Balaban J connectivity index is 2.57. The summed E-state index contributed by atoms with van der Waals surface area (Å²) in [5.74, 6) is 0.668. The second kappa shape index (κ2) is 3.84. The molecule has 0 amide bonds. The van der Waals surface area contributed by atoms with E-state index < -0.39 is 0 Å². The molecular weight excluding hydrogens is 226 g/mol. The van der Waals surface area contributed by atoms with Crippen molar-refractivity contribution in [2.75, 3.05) is 0 Å². The van der Waals surface area contributed by atoms with E-state index in [9.17, 15) is 4.79 Å². The number of fused-ring (bicyclic) bond motifs is 3. The minimum absolute atomic E-state index is 0.0449. The van der Waals surface area contributed by atoms with Crippen molar-refractivity contribution in [3.63, 3.8) is 0 Å². The third-order valence-corrected chi connectivity index (χ3v) is 3.07. The van der Waals surface area contributed by atoms with Crippen LogP contribution in [0.25, 0.3) is 16.8 Å². The number of benzene rings is 1. The SMILES string of the molecule is C=CCn1c(C)cc(=O)n2c3ccccc3nc12. The van der Waals surface area contributed by atoms with E-state index in [0.717, 1.165) is 16.7 Å². The quantitative estimate of drug-likeness (QED) is 0.643. The van der Waals surface area contributed by atoms with Gasteiger partial charge in [-0.2, -0.15) is 0 Å². The van der Waals surface area contributed by atoms with Crippen molar-refractivity contribution in [3.8, 4) is 0 Å². The molecule has 18 heavy (non-hydrogen) atoms. The first-order valence-electron chi connectivity index (χ1n) is 5.81. The minimum atomic E-state index is -0.0449. The van der Waals surface area contributed by atoms with Crippen molar-refractivity contribution >= 4 is 16.8 Å². The van der Waals surface area contributed by atoms with Gasteiger partial charge in [0.25, 0.3) is 5.56 Å². The molecule has 0 saturated carbocycles. The van der Waals surface area contributed by atoms with Gasteiger partial charge in [-0.1, -0.05) is 18.2 Å². The van der Waals surface area contributed by atoms with E-state index in [1.54, 1.807) is 16.5 Å². The second-order valence-corrected chi connectivity index (χ2v) is 4.26. The van der Waals surface area contributed by atoms with Gasteiger partial charge in [0, 0.05) is 18.3 Å². The molecular formula is C14H13N3O. The van der Waals surface area contributed by atoms with Crippen LogP contribution < -0.4 is 5.56 Å². The molecule has 0 N–H and O–H groups in total. The minimum Gasteiger partial charge on any atom is -0.312 e. The fourth-order valence-corrected chi connectivity index (χ4v) is 2.25. The highest BCUT2D eigenvalue weighted by molar-refractivity contribution is 5.79. The van der Waals surface area contributed by atoms with Gasteiger partial charge in [0.1, 0.15) is 0 Å². The monoisotopic (exact) mass is 239 g/mol. The van der Waals surface area contributed by atoms with E-state index in [2.05, 4.69) is 11.6 Å². The van der Waals surface area contributed by atoms with Crippen LogP contribution in [-0.4, -0.2) is 14.0 Å². The maximum Gasteiger partial charge on any atom is 0.259 e. The molecule has 4 nitrogen and oxygen atoms in total. The lowest BCUT2D eigenvalue weighted by Crippen LogP contribution is -2.18. The van der Waals surface area contributed by atoms with Crippen molar-refractivity contribution in [1.82, 2.24) is 14.0 Å².